The minimum absolute atomic E-state index is 0.0375. The zero-order valence-corrected chi connectivity index (χ0v) is 8.71. The van der Waals surface area contributed by atoms with E-state index in [4.69, 9.17) is 9.47 Å². The van der Waals surface area contributed by atoms with Crippen molar-refractivity contribution in [3.8, 4) is 0 Å². The second-order valence-electron chi connectivity index (χ2n) is 3.36. The van der Waals surface area contributed by atoms with Crippen LogP contribution in [0.3, 0.4) is 0 Å². The molecular weight excluding hydrogens is 184 g/mol. The molecule has 0 bridgehead atoms. The van der Waals surface area contributed by atoms with Crippen molar-refractivity contribution in [1.82, 2.24) is 10.6 Å². The Morgan fingerprint density at radius 3 is 3.14 bits per heavy atom. The molecule has 1 amide bonds. The van der Waals surface area contributed by atoms with Crippen molar-refractivity contribution in [2.75, 3.05) is 33.4 Å². The Labute approximate surface area is 84.1 Å². The fourth-order valence-electron chi connectivity index (χ4n) is 1.18. The fourth-order valence-corrected chi connectivity index (χ4v) is 1.18. The molecule has 1 aliphatic heterocycles. The Morgan fingerprint density at radius 2 is 2.57 bits per heavy atom. The number of hydrogen-bond acceptors (Lipinski definition) is 4. The first-order chi connectivity index (χ1) is 6.74. The Kier molecular flexibility index (Phi) is 4.86. The van der Waals surface area contributed by atoms with E-state index in [0.717, 1.165) is 6.54 Å². The van der Waals surface area contributed by atoms with Gasteiger partial charge in [0.15, 0.2) is 0 Å². The van der Waals surface area contributed by atoms with Crippen LogP contribution in [0.15, 0.2) is 0 Å². The van der Waals surface area contributed by atoms with E-state index >= 15 is 0 Å². The lowest BCUT2D eigenvalue weighted by Crippen LogP contribution is -2.49. The second-order valence-corrected chi connectivity index (χ2v) is 3.36. The van der Waals surface area contributed by atoms with Gasteiger partial charge in [-0.2, -0.15) is 0 Å². The molecule has 1 saturated heterocycles. The first-order valence-corrected chi connectivity index (χ1v) is 4.87. The lowest BCUT2D eigenvalue weighted by molar-refractivity contribution is -0.134. The third-order valence-electron chi connectivity index (χ3n) is 2.19. The number of methoxy groups -OCH3 is 1. The van der Waals surface area contributed by atoms with Crippen LogP contribution in [0, 0.1) is 0 Å². The van der Waals surface area contributed by atoms with Gasteiger partial charge in [0, 0.05) is 26.7 Å². The first kappa shape index (κ1) is 11.4. The number of ether oxygens (including phenoxy) is 2. The van der Waals surface area contributed by atoms with Crippen molar-refractivity contribution in [2.24, 2.45) is 0 Å². The van der Waals surface area contributed by atoms with Gasteiger partial charge in [0.05, 0.1) is 12.7 Å². The molecule has 14 heavy (non-hydrogen) atoms. The molecule has 0 aromatic heterocycles. The summed E-state index contributed by atoms with van der Waals surface area (Å²) in [5.74, 6) is -0.0684. The number of rotatable bonds is 4. The standard InChI is InChI=1S/C9H18N2O3/c1-7(13-2)5-11-9(12)8-6-10-3-4-14-8/h7-8,10H,3-6H2,1-2H3,(H,11,12). The zero-order valence-electron chi connectivity index (χ0n) is 8.71. The molecule has 5 heteroatoms. The maximum absolute atomic E-state index is 11.5. The van der Waals surface area contributed by atoms with Crippen LogP contribution in [-0.2, 0) is 14.3 Å². The maximum atomic E-state index is 11.5. The average Bonchev–Trinajstić information content (AvgIpc) is 2.26. The van der Waals surface area contributed by atoms with Gasteiger partial charge in [-0.05, 0) is 6.92 Å². The van der Waals surface area contributed by atoms with E-state index < -0.39 is 0 Å². The van der Waals surface area contributed by atoms with Gasteiger partial charge in [-0.15, -0.1) is 0 Å². The molecule has 2 unspecified atom stereocenters. The van der Waals surface area contributed by atoms with Crippen LogP contribution in [0.5, 0.6) is 0 Å². The topological polar surface area (TPSA) is 59.6 Å². The van der Waals surface area contributed by atoms with Crippen LogP contribution in [-0.4, -0.2) is 51.5 Å². The van der Waals surface area contributed by atoms with Gasteiger partial charge >= 0.3 is 0 Å². The van der Waals surface area contributed by atoms with Crippen LogP contribution in [0.1, 0.15) is 6.92 Å². The van der Waals surface area contributed by atoms with Crippen LogP contribution in [0.4, 0.5) is 0 Å². The summed E-state index contributed by atoms with van der Waals surface area (Å²) in [5, 5.41) is 5.87. The van der Waals surface area contributed by atoms with Gasteiger partial charge in [0.25, 0.3) is 5.91 Å². The van der Waals surface area contributed by atoms with Gasteiger partial charge in [0.1, 0.15) is 6.10 Å². The number of nitrogens with one attached hydrogen (secondary N) is 2. The SMILES string of the molecule is COC(C)CNC(=O)C1CNCCO1. The monoisotopic (exact) mass is 202 g/mol. The number of carbonyl (C=O) groups excluding carboxylic acids is 1. The molecule has 1 heterocycles. The van der Waals surface area contributed by atoms with E-state index in [-0.39, 0.29) is 18.1 Å². The lowest BCUT2D eigenvalue weighted by Gasteiger charge is -2.23. The van der Waals surface area contributed by atoms with Gasteiger partial charge in [-0.3, -0.25) is 4.79 Å². The van der Waals surface area contributed by atoms with Crippen molar-refractivity contribution in [2.45, 2.75) is 19.1 Å². The van der Waals surface area contributed by atoms with Crippen molar-refractivity contribution in [1.29, 1.82) is 0 Å². The molecule has 0 aliphatic carbocycles. The summed E-state index contributed by atoms with van der Waals surface area (Å²) >= 11 is 0. The summed E-state index contributed by atoms with van der Waals surface area (Å²) < 4.78 is 10.3. The van der Waals surface area contributed by atoms with Gasteiger partial charge < -0.3 is 20.1 Å². The molecule has 0 aromatic rings. The van der Waals surface area contributed by atoms with Crippen molar-refractivity contribution in [3.63, 3.8) is 0 Å². The van der Waals surface area contributed by atoms with E-state index in [1.54, 1.807) is 7.11 Å². The summed E-state index contributed by atoms with van der Waals surface area (Å²) in [7, 11) is 1.62. The second kappa shape index (κ2) is 5.95. The normalized spacial score (nSPS) is 24.3. The van der Waals surface area contributed by atoms with E-state index in [1.807, 2.05) is 6.92 Å². The molecule has 0 radical (unpaired) electrons. The number of morpholine rings is 1. The maximum Gasteiger partial charge on any atom is 0.250 e. The molecule has 0 spiro atoms. The minimum Gasteiger partial charge on any atom is -0.380 e. The van der Waals surface area contributed by atoms with E-state index in [9.17, 15) is 4.79 Å². The third-order valence-corrected chi connectivity index (χ3v) is 2.19. The molecule has 2 N–H and O–H groups in total. The van der Waals surface area contributed by atoms with Crippen LogP contribution in [0.2, 0.25) is 0 Å². The first-order valence-electron chi connectivity index (χ1n) is 4.87. The highest BCUT2D eigenvalue weighted by Crippen LogP contribution is 1.96. The Morgan fingerprint density at radius 1 is 1.79 bits per heavy atom. The third kappa shape index (κ3) is 3.61. The summed E-state index contributed by atoms with van der Waals surface area (Å²) in [4.78, 5) is 11.5. The highest BCUT2D eigenvalue weighted by molar-refractivity contribution is 5.81. The van der Waals surface area contributed by atoms with Crippen molar-refractivity contribution < 1.29 is 14.3 Å². The highest BCUT2D eigenvalue weighted by Gasteiger charge is 2.21. The predicted molar refractivity (Wildman–Crippen MR) is 52.1 cm³/mol. The molecule has 0 saturated carbocycles. The summed E-state index contributed by atoms with van der Waals surface area (Å²) in [6.45, 7) is 4.43. The molecule has 5 nitrogen and oxygen atoms in total. The van der Waals surface area contributed by atoms with Crippen LogP contribution >= 0.6 is 0 Å². The van der Waals surface area contributed by atoms with E-state index in [0.29, 0.717) is 19.7 Å². The van der Waals surface area contributed by atoms with Gasteiger partial charge in [-0.25, -0.2) is 0 Å². The molecule has 82 valence electrons. The Hall–Kier alpha value is -0.650. The average molecular weight is 202 g/mol. The molecule has 2 atom stereocenters. The van der Waals surface area contributed by atoms with E-state index in [2.05, 4.69) is 10.6 Å². The fraction of sp³-hybridized carbons (Fsp3) is 0.889. The molecule has 1 aliphatic rings. The zero-order chi connectivity index (χ0) is 10.4. The summed E-state index contributed by atoms with van der Waals surface area (Å²) in [5.41, 5.74) is 0. The predicted octanol–water partition coefficient (Wildman–Crippen LogP) is -0.874. The Bertz CT molecular complexity index is 181. The van der Waals surface area contributed by atoms with Crippen LogP contribution in [0.25, 0.3) is 0 Å². The largest absolute Gasteiger partial charge is 0.380 e. The van der Waals surface area contributed by atoms with Crippen LogP contribution < -0.4 is 10.6 Å². The quantitative estimate of drug-likeness (QED) is 0.622. The summed E-state index contributed by atoms with van der Waals surface area (Å²) in [6.07, 6.45) is -0.316. The Balaban J connectivity index is 2.19. The number of amides is 1. The highest BCUT2D eigenvalue weighted by atomic mass is 16.5. The van der Waals surface area contributed by atoms with Crippen molar-refractivity contribution >= 4 is 5.91 Å². The van der Waals surface area contributed by atoms with Gasteiger partial charge in [0.2, 0.25) is 0 Å². The van der Waals surface area contributed by atoms with Crippen molar-refractivity contribution in [3.05, 3.63) is 0 Å². The van der Waals surface area contributed by atoms with Gasteiger partial charge in [-0.1, -0.05) is 0 Å². The number of carbonyl (C=O) groups is 1. The number of hydrogen-bond donors (Lipinski definition) is 2. The lowest BCUT2D eigenvalue weighted by atomic mass is 10.3. The smallest absolute Gasteiger partial charge is 0.250 e. The molecular formula is C9H18N2O3. The molecule has 1 fully saturated rings. The molecule has 0 aromatic carbocycles. The molecule has 1 rings (SSSR count). The van der Waals surface area contributed by atoms with E-state index in [1.165, 1.54) is 0 Å². The minimum atomic E-state index is -0.354. The summed E-state index contributed by atoms with van der Waals surface area (Å²) in [6, 6.07) is 0.